The number of carbonyl (C=O) groups excluding carboxylic acids is 1. The SMILES string of the molecule is O=C1OCCC1N1CCCC2(C1)OCCO2. The van der Waals surface area contributed by atoms with Gasteiger partial charge in [-0.2, -0.15) is 0 Å². The summed E-state index contributed by atoms with van der Waals surface area (Å²) in [4.78, 5) is 13.7. The van der Waals surface area contributed by atoms with E-state index in [-0.39, 0.29) is 12.0 Å². The summed E-state index contributed by atoms with van der Waals surface area (Å²) >= 11 is 0. The van der Waals surface area contributed by atoms with Crippen LogP contribution in [0.3, 0.4) is 0 Å². The van der Waals surface area contributed by atoms with Crippen LogP contribution < -0.4 is 0 Å². The van der Waals surface area contributed by atoms with Crippen LogP contribution in [0.25, 0.3) is 0 Å². The Bertz CT molecular complexity index is 288. The van der Waals surface area contributed by atoms with Crippen molar-refractivity contribution >= 4 is 5.97 Å². The highest BCUT2D eigenvalue weighted by Crippen LogP contribution is 2.32. The number of esters is 1. The molecule has 5 heteroatoms. The van der Waals surface area contributed by atoms with E-state index in [9.17, 15) is 4.79 Å². The summed E-state index contributed by atoms with van der Waals surface area (Å²) in [5.74, 6) is -0.531. The number of cyclic esters (lactones) is 1. The molecule has 3 heterocycles. The average Bonchev–Trinajstić information content (AvgIpc) is 2.88. The zero-order valence-corrected chi connectivity index (χ0v) is 9.31. The number of rotatable bonds is 1. The Morgan fingerprint density at radius 2 is 2.06 bits per heavy atom. The van der Waals surface area contributed by atoms with Gasteiger partial charge in [0.2, 0.25) is 0 Å². The smallest absolute Gasteiger partial charge is 0.323 e. The fraction of sp³-hybridized carbons (Fsp3) is 0.909. The number of nitrogens with zero attached hydrogens (tertiary/aromatic N) is 1. The van der Waals surface area contributed by atoms with E-state index in [1.165, 1.54) is 0 Å². The highest BCUT2D eigenvalue weighted by atomic mass is 16.7. The van der Waals surface area contributed by atoms with Crippen molar-refractivity contribution in [2.75, 3.05) is 32.9 Å². The molecule has 5 nitrogen and oxygen atoms in total. The maximum Gasteiger partial charge on any atom is 0.323 e. The number of carbonyl (C=O) groups is 1. The lowest BCUT2D eigenvalue weighted by Gasteiger charge is -2.40. The van der Waals surface area contributed by atoms with Crippen LogP contribution in [0.5, 0.6) is 0 Å². The van der Waals surface area contributed by atoms with Crippen LogP contribution in [-0.2, 0) is 19.0 Å². The maximum atomic E-state index is 11.5. The van der Waals surface area contributed by atoms with Crippen molar-refractivity contribution in [2.24, 2.45) is 0 Å². The zero-order chi connectivity index (χ0) is 11.0. The maximum absolute atomic E-state index is 11.5. The second kappa shape index (κ2) is 3.98. The molecule has 0 aromatic carbocycles. The molecule has 0 amide bonds. The van der Waals surface area contributed by atoms with E-state index in [1.807, 2.05) is 0 Å². The van der Waals surface area contributed by atoms with Crippen LogP contribution in [0.4, 0.5) is 0 Å². The number of ether oxygens (including phenoxy) is 3. The fourth-order valence-electron chi connectivity index (χ4n) is 2.83. The molecule has 90 valence electrons. The fourth-order valence-corrected chi connectivity index (χ4v) is 2.83. The molecule has 1 spiro atoms. The third-order valence-corrected chi connectivity index (χ3v) is 3.61. The number of piperidine rings is 1. The molecule has 3 fully saturated rings. The van der Waals surface area contributed by atoms with Gasteiger partial charge in [-0.3, -0.25) is 9.69 Å². The van der Waals surface area contributed by atoms with Crippen LogP contribution in [-0.4, -0.2) is 55.6 Å². The van der Waals surface area contributed by atoms with Gasteiger partial charge in [-0.1, -0.05) is 0 Å². The third kappa shape index (κ3) is 1.73. The molecule has 0 aliphatic carbocycles. The summed E-state index contributed by atoms with van der Waals surface area (Å²) in [6.07, 6.45) is 2.75. The molecule has 16 heavy (non-hydrogen) atoms. The lowest BCUT2D eigenvalue weighted by molar-refractivity contribution is -0.194. The van der Waals surface area contributed by atoms with Gasteiger partial charge in [-0.15, -0.1) is 0 Å². The van der Waals surface area contributed by atoms with E-state index < -0.39 is 5.79 Å². The van der Waals surface area contributed by atoms with Gasteiger partial charge in [0.15, 0.2) is 5.79 Å². The normalized spacial score (nSPS) is 34.5. The zero-order valence-electron chi connectivity index (χ0n) is 9.31. The lowest BCUT2D eigenvalue weighted by Crippen LogP contribution is -2.53. The molecule has 0 radical (unpaired) electrons. The van der Waals surface area contributed by atoms with Crippen molar-refractivity contribution in [3.63, 3.8) is 0 Å². The Morgan fingerprint density at radius 3 is 2.75 bits per heavy atom. The van der Waals surface area contributed by atoms with Crippen molar-refractivity contribution in [2.45, 2.75) is 31.1 Å². The molecular formula is C11H17NO4. The first-order chi connectivity index (χ1) is 7.79. The van der Waals surface area contributed by atoms with Crippen molar-refractivity contribution in [1.29, 1.82) is 0 Å². The quantitative estimate of drug-likeness (QED) is 0.596. The summed E-state index contributed by atoms with van der Waals surface area (Å²) in [5.41, 5.74) is 0. The summed E-state index contributed by atoms with van der Waals surface area (Å²) in [6.45, 7) is 3.53. The van der Waals surface area contributed by atoms with E-state index in [0.717, 1.165) is 25.8 Å². The molecule has 0 bridgehead atoms. The van der Waals surface area contributed by atoms with Gasteiger partial charge in [0, 0.05) is 12.8 Å². The summed E-state index contributed by atoms with van der Waals surface area (Å²) in [6, 6.07) is -0.0787. The van der Waals surface area contributed by atoms with E-state index in [2.05, 4.69) is 4.90 Å². The molecule has 3 rings (SSSR count). The molecular weight excluding hydrogens is 210 g/mol. The largest absolute Gasteiger partial charge is 0.464 e. The second-order valence-electron chi connectivity index (χ2n) is 4.65. The molecule has 3 saturated heterocycles. The van der Waals surface area contributed by atoms with Crippen LogP contribution in [0.1, 0.15) is 19.3 Å². The molecule has 3 aliphatic rings. The predicted octanol–water partition coefficient (Wildman–Crippen LogP) is 0.141. The second-order valence-corrected chi connectivity index (χ2v) is 4.65. The Hall–Kier alpha value is -0.650. The number of likely N-dealkylation sites (tertiary alicyclic amines) is 1. The van der Waals surface area contributed by atoms with Crippen molar-refractivity contribution in [3.8, 4) is 0 Å². The van der Waals surface area contributed by atoms with Gasteiger partial charge in [-0.05, 0) is 13.0 Å². The Kier molecular flexibility index (Phi) is 2.61. The third-order valence-electron chi connectivity index (χ3n) is 3.61. The van der Waals surface area contributed by atoms with Gasteiger partial charge in [0.05, 0.1) is 26.4 Å². The van der Waals surface area contributed by atoms with Crippen LogP contribution in [0.15, 0.2) is 0 Å². The predicted molar refractivity (Wildman–Crippen MR) is 54.8 cm³/mol. The minimum atomic E-state index is -0.443. The minimum Gasteiger partial charge on any atom is -0.464 e. The van der Waals surface area contributed by atoms with Crippen LogP contribution in [0.2, 0.25) is 0 Å². The summed E-state index contributed by atoms with van der Waals surface area (Å²) < 4.78 is 16.4. The first kappa shape index (κ1) is 10.5. The van der Waals surface area contributed by atoms with Gasteiger partial charge < -0.3 is 14.2 Å². The molecule has 0 saturated carbocycles. The lowest BCUT2D eigenvalue weighted by atomic mass is 10.0. The topological polar surface area (TPSA) is 48.0 Å². The minimum absolute atomic E-state index is 0.0787. The van der Waals surface area contributed by atoms with Crippen LogP contribution in [0, 0.1) is 0 Å². The van der Waals surface area contributed by atoms with Gasteiger partial charge in [0.1, 0.15) is 6.04 Å². The Balaban J connectivity index is 1.69. The van der Waals surface area contributed by atoms with Gasteiger partial charge in [0.25, 0.3) is 0 Å². The van der Waals surface area contributed by atoms with E-state index in [4.69, 9.17) is 14.2 Å². The Labute approximate surface area is 94.6 Å². The first-order valence-corrected chi connectivity index (χ1v) is 5.98. The standard InChI is InChI=1S/C11H17NO4/c13-10-9(2-5-14-10)12-4-1-3-11(8-12)15-6-7-16-11/h9H,1-8H2. The molecule has 0 aromatic heterocycles. The van der Waals surface area contributed by atoms with Gasteiger partial charge >= 0.3 is 5.97 Å². The van der Waals surface area contributed by atoms with Crippen molar-refractivity contribution in [3.05, 3.63) is 0 Å². The monoisotopic (exact) mass is 227 g/mol. The van der Waals surface area contributed by atoms with E-state index in [1.54, 1.807) is 0 Å². The summed E-state index contributed by atoms with van der Waals surface area (Å²) in [5, 5.41) is 0. The summed E-state index contributed by atoms with van der Waals surface area (Å²) in [7, 11) is 0. The number of hydrogen-bond acceptors (Lipinski definition) is 5. The molecule has 3 aliphatic heterocycles. The van der Waals surface area contributed by atoms with Crippen molar-refractivity contribution in [1.82, 2.24) is 4.90 Å². The highest BCUT2D eigenvalue weighted by molar-refractivity contribution is 5.77. The molecule has 0 aromatic rings. The molecule has 0 N–H and O–H groups in total. The number of hydrogen-bond donors (Lipinski definition) is 0. The Morgan fingerprint density at radius 1 is 1.25 bits per heavy atom. The van der Waals surface area contributed by atoms with E-state index >= 15 is 0 Å². The van der Waals surface area contributed by atoms with Gasteiger partial charge in [-0.25, -0.2) is 0 Å². The average molecular weight is 227 g/mol. The van der Waals surface area contributed by atoms with Crippen LogP contribution >= 0.6 is 0 Å². The van der Waals surface area contributed by atoms with Crippen molar-refractivity contribution < 1.29 is 19.0 Å². The molecule has 1 atom stereocenters. The highest BCUT2D eigenvalue weighted by Gasteiger charge is 2.44. The molecule has 1 unspecified atom stereocenters. The van der Waals surface area contributed by atoms with E-state index in [0.29, 0.717) is 26.4 Å². The first-order valence-electron chi connectivity index (χ1n) is 5.98.